The summed E-state index contributed by atoms with van der Waals surface area (Å²) in [6.45, 7) is 7.00. The molecule has 1 aromatic rings. The summed E-state index contributed by atoms with van der Waals surface area (Å²) in [5, 5.41) is 3.51. The minimum absolute atomic E-state index is 0.117. The van der Waals surface area contributed by atoms with Crippen molar-refractivity contribution in [2.75, 3.05) is 19.6 Å². The molecular formula is C14H21N3O. The molecule has 4 heteroatoms. The number of pyridine rings is 1. The number of nitrogens with one attached hydrogen (secondary N) is 1. The lowest BCUT2D eigenvalue weighted by Crippen LogP contribution is -2.43. The van der Waals surface area contributed by atoms with Gasteiger partial charge < -0.3 is 10.2 Å². The van der Waals surface area contributed by atoms with E-state index < -0.39 is 0 Å². The Kier molecular flexibility index (Phi) is 4.31. The molecule has 1 aromatic heterocycles. The summed E-state index contributed by atoms with van der Waals surface area (Å²) in [7, 11) is 0. The quantitative estimate of drug-likeness (QED) is 0.862. The first-order chi connectivity index (χ1) is 8.68. The van der Waals surface area contributed by atoms with Crippen molar-refractivity contribution in [3.05, 3.63) is 30.1 Å². The van der Waals surface area contributed by atoms with Gasteiger partial charge in [-0.15, -0.1) is 0 Å². The van der Waals surface area contributed by atoms with Crippen LogP contribution in [0, 0.1) is 5.92 Å². The average molecular weight is 247 g/mol. The minimum Gasteiger partial charge on any atom is -0.337 e. The van der Waals surface area contributed by atoms with E-state index in [9.17, 15) is 4.79 Å². The summed E-state index contributed by atoms with van der Waals surface area (Å²) in [4.78, 5) is 18.3. The van der Waals surface area contributed by atoms with E-state index in [4.69, 9.17) is 0 Å². The van der Waals surface area contributed by atoms with Crippen LogP contribution < -0.4 is 5.32 Å². The van der Waals surface area contributed by atoms with Crippen molar-refractivity contribution in [3.63, 3.8) is 0 Å². The van der Waals surface area contributed by atoms with Crippen LogP contribution in [-0.4, -0.2) is 41.5 Å². The fourth-order valence-corrected chi connectivity index (χ4v) is 2.26. The van der Waals surface area contributed by atoms with Crippen LogP contribution in [0.5, 0.6) is 0 Å². The summed E-state index contributed by atoms with van der Waals surface area (Å²) < 4.78 is 0. The number of amides is 1. The predicted octanol–water partition coefficient (Wildman–Crippen LogP) is 1.54. The van der Waals surface area contributed by atoms with E-state index in [1.165, 1.54) is 0 Å². The summed E-state index contributed by atoms with van der Waals surface area (Å²) >= 11 is 0. The Balaban J connectivity index is 2.09. The molecular weight excluding hydrogens is 226 g/mol. The topological polar surface area (TPSA) is 45.2 Å². The van der Waals surface area contributed by atoms with E-state index in [-0.39, 0.29) is 5.91 Å². The summed E-state index contributed by atoms with van der Waals surface area (Å²) in [6.07, 6.45) is 4.35. The zero-order valence-electron chi connectivity index (χ0n) is 11.1. The summed E-state index contributed by atoms with van der Waals surface area (Å²) in [5.74, 6) is 0.655. The lowest BCUT2D eigenvalue weighted by molar-refractivity contribution is 0.0745. The maximum Gasteiger partial charge on any atom is 0.254 e. The lowest BCUT2D eigenvalue weighted by atomic mass is 10.0. The molecule has 2 rings (SSSR count). The van der Waals surface area contributed by atoms with Crippen molar-refractivity contribution in [2.24, 2.45) is 5.92 Å². The summed E-state index contributed by atoms with van der Waals surface area (Å²) in [5.41, 5.74) is 0.731. The maximum absolute atomic E-state index is 12.4. The Morgan fingerprint density at radius 1 is 1.44 bits per heavy atom. The van der Waals surface area contributed by atoms with E-state index >= 15 is 0 Å². The van der Waals surface area contributed by atoms with Gasteiger partial charge in [0, 0.05) is 37.1 Å². The molecule has 0 aromatic carbocycles. The molecule has 1 saturated heterocycles. The largest absolute Gasteiger partial charge is 0.337 e. The van der Waals surface area contributed by atoms with Gasteiger partial charge in [0.05, 0.1) is 0 Å². The molecule has 1 fully saturated rings. The van der Waals surface area contributed by atoms with Gasteiger partial charge in [-0.05, 0) is 31.0 Å². The zero-order chi connectivity index (χ0) is 13.0. The first-order valence-corrected chi connectivity index (χ1v) is 6.61. The first kappa shape index (κ1) is 13.0. The van der Waals surface area contributed by atoms with Gasteiger partial charge >= 0.3 is 0 Å². The molecule has 1 unspecified atom stereocenters. The normalized spacial score (nSPS) is 20.8. The molecule has 1 amide bonds. The van der Waals surface area contributed by atoms with Gasteiger partial charge in [0.25, 0.3) is 5.91 Å². The Labute approximate surface area is 108 Å². The molecule has 0 spiro atoms. The molecule has 0 radical (unpaired) electrons. The fraction of sp³-hybridized carbons (Fsp3) is 0.571. The highest BCUT2D eigenvalue weighted by Crippen LogP contribution is 2.11. The third-order valence-corrected chi connectivity index (χ3v) is 3.45. The highest BCUT2D eigenvalue weighted by molar-refractivity contribution is 5.94. The van der Waals surface area contributed by atoms with Crippen LogP contribution in [-0.2, 0) is 0 Å². The van der Waals surface area contributed by atoms with Crippen molar-refractivity contribution >= 4 is 5.91 Å². The monoisotopic (exact) mass is 247 g/mol. The molecule has 2 heterocycles. The number of rotatable bonds is 2. The zero-order valence-corrected chi connectivity index (χ0v) is 11.1. The first-order valence-electron chi connectivity index (χ1n) is 6.61. The van der Waals surface area contributed by atoms with E-state index in [1.807, 2.05) is 4.90 Å². The Hall–Kier alpha value is -1.42. The SMILES string of the molecule is CC(C)C1CN(C(=O)c2ccncc2)CCCN1. The second-order valence-electron chi connectivity index (χ2n) is 5.15. The second kappa shape index (κ2) is 5.96. The molecule has 0 aliphatic carbocycles. The van der Waals surface area contributed by atoms with Crippen LogP contribution in [0.15, 0.2) is 24.5 Å². The molecule has 1 aliphatic rings. The third kappa shape index (κ3) is 3.07. The van der Waals surface area contributed by atoms with Crippen LogP contribution in [0.1, 0.15) is 30.6 Å². The molecule has 1 atom stereocenters. The molecule has 98 valence electrons. The van der Waals surface area contributed by atoms with Crippen molar-refractivity contribution in [1.29, 1.82) is 0 Å². The second-order valence-corrected chi connectivity index (χ2v) is 5.15. The number of carbonyl (C=O) groups excluding carboxylic acids is 1. The van der Waals surface area contributed by atoms with Crippen molar-refractivity contribution < 1.29 is 4.79 Å². The van der Waals surface area contributed by atoms with Gasteiger partial charge in [0.1, 0.15) is 0 Å². The lowest BCUT2D eigenvalue weighted by Gasteiger charge is -2.26. The van der Waals surface area contributed by atoms with Gasteiger partial charge in [-0.3, -0.25) is 9.78 Å². The maximum atomic E-state index is 12.4. The van der Waals surface area contributed by atoms with Gasteiger partial charge in [0.15, 0.2) is 0 Å². The number of carbonyl (C=O) groups is 1. The van der Waals surface area contributed by atoms with Crippen molar-refractivity contribution in [2.45, 2.75) is 26.3 Å². The molecule has 0 bridgehead atoms. The van der Waals surface area contributed by atoms with Crippen molar-refractivity contribution in [3.8, 4) is 0 Å². The van der Waals surface area contributed by atoms with Gasteiger partial charge in [0.2, 0.25) is 0 Å². The standard InChI is InChI=1S/C14H21N3O/c1-11(2)13-10-17(9-3-6-16-13)14(18)12-4-7-15-8-5-12/h4-5,7-8,11,13,16H,3,6,9-10H2,1-2H3. The van der Waals surface area contributed by atoms with Gasteiger partial charge in [-0.25, -0.2) is 0 Å². The molecule has 1 aliphatic heterocycles. The van der Waals surface area contributed by atoms with Crippen LogP contribution >= 0.6 is 0 Å². The predicted molar refractivity (Wildman–Crippen MR) is 71.4 cm³/mol. The van der Waals surface area contributed by atoms with E-state index in [1.54, 1.807) is 24.5 Å². The van der Waals surface area contributed by atoms with E-state index in [0.717, 1.165) is 31.6 Å². The van der Waals surface area contributed by atoms with Crippen LogP contribution in [0.2, 0.25) is 0 Å². The van der Waals surface area contributed by atoms with Crippen molar-refractivity contribution in [1.82, 2.24) is 15.2 Å². The van der Waals surface area contributed by atoms with Crippen LogP contribution in [0.4, 0.5) is 0 Å². The van der Waals surface area contributed by atoms with E-state index in [0.29, 0.717) is 12.0 Å². The van der Waals surface area contributed by atoms with Crippen LogP contribution in [0.3, 0.4) is 0 Å². The van der Waals surface area contributed by atoms with Crippen LogP contribution in [0.25, 0.3) is 0 Å². The molecule has 0 saturated carbocycles. The number of hydrogen-bond donors (Lipinski definition) is 1. The average Bonchev–Trinajstić information content (AvgIpc) is 2.65. The Bertz CT molecular complexity index is 391. The highest BCUT2D eigenvalue weighted by atomic mass is 16.2. The van der Waals surface area contributed by atoms with Gasteiger partial charge in [-0.1, -0.05) is 13.8 Å². The number of aromatic nitrogens is 1. The fourth-order valence-electron chi connectivity index (χ4n) is 2.26. The minimum atomic E-state index is 0.117. The third-order valence-electron chi connectivity index (χ3n) is 3.45. The Morgan fingerprint density at radius 3 is 2.83 bits per heavy atom. The number of nitrogens with zero attached hydrogens (tertiary/aromatic N) is 2. The highest BCUT2D eigenvalue weighted by Gasteiger charge is 2.24. The molecule has 4 nitrogen and oxygen atoms in total. The number of hydrogen-bond acceptors (Lipinski definition) is 3. The Morgan fingerprint density at radius 2 is 2.17 bits per heavy atom. The molecule has 18 heavy (non-hydrogen) atoms. The van der Waals surface area contributed by atoms with Gasteiger partial charge in [-0.2, -0.15) is 0 Å². The molecule has 1 N–H and O–H groups in total. The smallest absolute Gasteiger partial charge is 0.254 e. The van der Waals surface area contributed by atoms with E-state index in [2.05, 4.69) is 24.1 Å². The summed E-state index contributed by atoms with van der Waals surface area (Å²) in [6, 6.07) is 3.95.